The first-order valence-corrected chi connectivity index (χ1v) is 9.74. The SMILES string of the molecule is CC(C)NC(=O)N1CCCC2(CC(C(=O)Nc3cccnc3)=NO2)C1.O=C(O)C(F)(F)F. The molecule has 1 saturated heterocycles. The third kappa shape index (κ3) is 7.10. The van der Waals surface area contributed by atoms with Crippen molar-refractivity contribution in [2.24, 2.45) is 5.16 Å². The van der Waals surface area contributed by atoms with E-state index in [1.54, 1.807) is 29.4 Å². The smallest absolute Gasteiger partial charge is 0.475 e. The number of carbonyl (C=O) groups excluding carboxylic acids is 2. The summed E-state index contributed by atoms with van der Waals surface area (Å²) in [4.78, 5) is 44.8. The number of aliphatic carboxylic acids is 1. The first kappa shape index (κ1) is 24.9. The third-order valence-electron chi connectivity index (χ3n) is 4.50. The summed E-state index contributed by atoms with van der Waals surface area (Å²) in [5.41, 5.74) is 0.349. The molecule has 1 fully saturated rings. The number of aromatic nitrogens is 1. The van der Waals surface area contributed by atoms with Crippen LogP contribution in [-0.2, 0) is 14.4 Å². The number of anilines is 1. The zero-order chi connectivity index (χ0) is 23.9. The van der Waals surface area contributed by atoms with Crippen LogP contribution in [0.2, 0.25) is 0 Å². The number of hydrogen-bond acceptors (Lipinski definition) is 6. The molecular weight excluding hydrogens is 435 g/mol. The molecule has 3 N–H and O–H groups in total. The van der Waals surface area contributed by atoms with E-state index in [1.165, 1.54) is 0 Å². The summed E-state index contributed by atoms with van der Waals surface area (Å²) in [7, 11) is 0. The molecule has 0 aromatic carbocycles. The monoisotopic (exact) mass is 459 g/mol. The second kappa shape index (κ2) is 10.3. The normalized spacial score (nSPS) is 20.1. The van der Waals surface area contributed by atoms with E-state index in [0.717, 1.165) is 12.8 Å². The Balaban J connectivity index is 0.000000451. The third-order valence-corrected chi connectivity index (χ3v) is 4.50. The Bertz CT molecular complexity index is 863. The minimum Gasteiger partial charge on any atom is -0.475 e. The molecule has 3 heterocycles. The summed E-state index contributed by atoms with van der Waals surface area (Å²) in [6, 6.07) is 3.48. The Kier molecular flexibility index (Phi) is 8.00. The first-order chi connectivity index (χ1) is 14.9. The Hall–Kier alpha value is -3.38. The van der Waals surface area contributed by atoms with Gasteiger partial charge in [-0.05, 0) is 38.8 Å². The van der Waals surface area contributed by atoms with E-state index >= 15 is 0 Å². The van der Waals surface area contributed by atoms with Gasteiger partial charge >= 0.3 is 18.2 Å². The van der Waals surface area contributed by atoms with Crippen molar-refractivity contribution in [1.82, 2.24) is 15.2 Å². The fraction of sp³-hybridized carbons (Fsp3) is 0.526. The highest BCUT2D eigenvalue weighted by atomic mass is 19.4. The number of nitrogens with one attached hydrogen (secondary N) is 2. The summed E-state index contributed by atoms with van der Waals surface area (Å²) in [5, 5.41) is 16.8. The number of likely N-dealkylation sites (tertiary alicyclic amines) is 1. The van der Waals surface area contributed by atoms with Gasteiger partial charge in [-0.1, -0.05) is 5.16 Å². The predicted octanol–water partition coefficient (Wildman–Crippen LogP) is 2.38. The summed E-state index contributed by atoms with van der Waals surface area (Å²) in [5.74, 6) is -3.05. The van der Waals surface area contributed by atoms with Crippen LogP contribution in [-0.4, -0.2) is 69.5 Å². The Morgan fingerprint density at radius 1 is 1.31 bits per heavy atom. The van der Waals surface area contributed by atoms with Gasteiger partial charge in [0.15, 0.2) is 5.60 Å². The van der Waals surface area contributed by atoms with Gasteiger partial charge in [-0.3, -0.25) is 9.78 Å². The number of oxime groups is 1. The van der Waals surface area contributed by atoms with Gasteiger partial charge in [0.25, 0.3) is 5.91 Å². The number of carboxylic acid groups (broad SMARTS) is 1. The highest BCUT2D eigenvalue weighted by molar-refractivity contribution is 6.43. The lowest BCUT2D eigenvalue weighted by Crippen LogP contribution is -2.54. The van der Waals surface area contributed by atoms with Gasteiger partial charge in [0.05, 0.1) is 18.4 Å². The van der Waals surface area contributed by atoms with Gasteiger partial charge in [0, 0.05) is 25.2 Å². The highest BCUT2D eigenvalue weighted by Gasteiger charge is 2.45. The molecule has 1 aromatic rings. The first-order valence-electron chi connectivity index (χ1n) is 9.74. The van der Waals surface area contributed by atoms with E-state index in [-0.39, 0.29) is 18.0 Å². The molecule has 13 heteroatoms. The quantitative estimate of drug-likeness (QED) is 0.636. The van der Waals surface area contributed by atoms with Crippen molar-refractivity contribution in [2.75, 3.05) is 18.4 Å². The second-order valence-corrected chi connectivity index (χ2v) is 7.62. The molecule has 10 nitrogen and oxygen atoms in total. The largest absolute Gasteiger partial charge is 0.490 e. The molecule has 2 aliphatic heterocycles. The topological polar surface area (TPSA) is 133 Å². The fourth-order valence-electron chi connectivity index (χ4n) is 3.11. The number of carboxylic acids is 1. The van der Waals surface area contributed by atoms with Crippen molar-refractivity contribution in [3.63, 3.8) is 0 Å². The zero-order valence-corrected chi connectivity index (χ0v) is 17.5. The Morgan fingerprint density at radius 3 is 2.56 bits per heavy atom. The average Bonchev–Trinajstić information content (AvgIpc) is 3.11. The molecule has 1 unspecified atom stereocenters. The van der Waals surface area contributed by atoms with E-state index < -0.39 is 17.7 Å². The second-order valence-electron chi connectivity index (χ2n) is 7.62. The highest BCUT2D eigenvalue weighted by Crippen LogP contribution is 2.33. The number of pyridine rings is 1. The van der Waals surface area contributed by atoms with E-state index in [1.807, 2.05) is 13.8 Å². The zero-order valence-electron chi connectivity index (χ0n) is 17.5. The van der Waals surface area contributed by atoms with Crippen LogP contribution in [0.3, 0.4) is 0 Å². The van der Waals surface area contributed by atoms with Crippen LogP contribution in [0.4, 0.5) is 23.7 Å². The molecule has 0 saturated carbocycles. The van der Waals surface area contributed by atoms with E-state index in [0.29, 0.717) is 30.9 Å². The number of hydrogen-bond donors (Lipinski definition) is 3. The number of nitrogens with zero attached hydrogens (tertiary/aromatic N) is 3. The molecule has 3 rings (SSSR count). The van der Waals surface area contributed by atoms with Gasteiger partial charge < -0.3 is 25.5 Å². The van der Waals surface area contributed by atoms with Crippen molar-refractivity contribution in [3.05, 3.63) is 24.5 Å². The fourth-order valence-corrected chi connectivity index (χ4v) is 3.11. The molecular formula is C19H24F3N5O5. The van der Waals surface area contributed by atoms with E-state index in [4.69, 9.17) is 14.7 Å². The lowest BCUT2D eigenvalue weighted by Gasteiger charge is -2.38. The Morgan fingerprint density at radius 2 is 2.00 bits per heavy atom. The molecule has 0 bridgehead atoms. The van der Waals surface area contributed by atoms with Crippen molar-refractivity contribution < 1.29 is 37.5 Å². The van der Waals surface area contributed by atoms with Gasteiger partial charge in [-0.2, -0.15) is 13.2 Å². The molecule has 3 amide bonds. The number of amides is 3. The Labute approximate surface area is 181 Å². The maximum atomic E-state index is 12.4. The maximum Gasteiger partial charge on any atom is 0.490 e. The van der Waals surface area contributed by atoms with E-state index in [2.05, 4.69) is 20.8 Å². The number of piperidine rings is 1. The minimum absolute atomic E-state index is 0.0759. The number of alkyl halides is 3. The molecule has 32 heavy (non-hydrogen) atoms. The van der Waals surface area contributed by atoms with Gasteiger partial charge in [0.2, 0.25) is 0 Å². The van der Waals surface area contributed by atoms with Gasteiger partial charge in [0.1, 0.15) is 5.71 Å². The molecule has 0 radical (unpaired) electrons. The summed E-state index contributed by atoms with van der Waals surface area (Å²) in [6.45, 7) is 4.96. The van der Waals surface area contributed by atoms with Crippen molar-refractivity contribution >= 4 is 29.3 Å². The molecule has 1 spiro atoms. The lowest BCUT2D eigenvalue weighted by molar-refractivity contribution is -0.192. The van der Waals surface area contributed by atoms with E-state index in [9.17, 15) is 22.8 Å². The van der Waals surface area contributed by atoms with Crippen LogP contribution in [0.5, 0.6) is 0 Å². The van der Waals surface area contributed by atoms with Crippen LogP contribution in [0.25, 0.3) is 0 Å². The predicted molar refractivity (Wildman–Crippen MR) is 107 cm³/mol. The number of halogens is 3. The van der Waals surface area contributed by atoms with Crippen LogP contribution in [0, 0.1) is 0 Å². The van der Waals surface area contributed by atoms with Crippen LogP contribution >= 0.6 is 0 Å². The summed E-state index contributed by atoms with van der Waals surface area (Å²) < 4.78 is 31.7. The average molecular weight is 459 g/mol. The molecule has 2 aliphatic rings. The van der Waals surface area contributed by atoms with Gasteiger partial charge in [-0.15, -0.1) is 0 Å². The standard InChI is InChI=1S/C17H23N5O3.C2HF3O2/c1-12(2)19-16(24)22-8-4-6-17(11-22)9-14(21-25-17)15(23)20-13-5-3-7-18-10-13;3-2(4,5)1(6)7/h3,5,7,10,12H,4,6,8-9,11H2,1-2H3,(H,19,24)(H,20,23);(H,6,7). The van der Waals surface area contributed by atoms with Crippen molar-refractivity contribution in [2.45, 2.75) is 50.9 Å². The van der Waals surface area contributed by atoms with Crippen molar-refractivity contribution in [3.8, 4) is 0 Å². The number of rotatable bonds is 3. The lowest BCUT2D eigenvalue weighted by atomic mass is 9.88. The summed E-state index contributed by atoms with van der Waals surface area (Å²) in [6.07, 6.45) is 0.108. The molecule has 1 atom stereocenters. The minimum atomic E-state index is -5.08. The molecule has 1 aromatic heterocycles. The van der Waals surface area contributed by atoms with Crippen molar-refractivity contribution in [1.29, 1.82) is 0 Å². The maximum absolute atomic E-state index is 12.4. The van der Waals surface area contributed by atoms with Gasteiger partial charge in [-0.25, -0.2) is 9.59 Å². The van der Waals surface area contributed by atoms with Crippen LogP contribution in [0.1, 0.15) is 33.1 Å². The summed E-state index contributed by atoms with van der Waals surface area (Å²) >= 11 is 0. The number of urea groups is 1. The van der Waals surface area contributed by atoms with Crippen LogP contribution < -0.4 is 10.6 Å². The molecule has 0 aliphatic carbocycles. The molecule has 176 valence electrons. The number of carbonyl (C=O) groups is 3. The van der Waals surface area contributed by atoms with Crippen LogP contribution in [0.15, 0.2) is 29.7 Å².